The molecule has 16 aromatic rings. The molecule has 0 saturated heterocycles. The van der Waals surface area contributed by atoms with Crippen LogP contribution in [0.4, 0.5) is 17.5 Å². The maximum atomic E-state index is 13.9. The monoisotopic (exact) mass is 1760 g/mol. The van der Waals surface area contributed by atoms with Crippen molar-refractivity contribution in [2.75, 3.05) is 17.2 Å². The van der Waals surface area contributed by atoms with E-state index in [-0.39, 0.29) is 75.2 Å². The Balaban J connectivity index is 0.000000160. The Labute approximate surface area is 679 Å². The summed E-state index contributed by atoms with van der Waals surface area (Å²) in [6, 6.07) is 41.0. The summed E-state index contributed by atoms with van der Waals surface area (Å²) < 4.78 is 9.76. The number of phenolic OH excluding ortho intramolecular Hbond substituents is 2. The molecule has 11 aromatic heterocycles. The van der Waals surface area contributed by atoms with Gasteiger partial charge in [0.2, 0.25) is 0 Å². The third-order valence-corrected chi connectivity index (χ3v) is 19.7. The third kappa shape index (κ3) is 17.1. The number of aromatic hydroxyl groups is 2. The Bertz CT molecular complexity index is 6500. The maximum absolute atomic E-state index is 13.9. The van der Waals surface area contributed by atoms with Crippen LogP contribution in [0.15, 0.2) is 196 Å². The van der Waals surface area contributed by atoms with E-state index in [2.05, 4.69) is 105 Å². The van der Waals surface area contributed by atoms with Crippen LogP contribution in [0, 0.1) is 45.2 Å². The van der Waals surface area contributed by atoms with Gasteiger partial charge in [0.15, 0.2) is 28.2 Å². The van der Waals surface area contributed by atoms with E-state index >= 15 is 0 Å². The number of nitrogens with two attached hydrogens (primary N) is 3. The number of rotatable bonds is 10. The summed E-state index contributed by atoms with van der Waals surface area (Å²) >= 11 is 10.2. The van der Waals surface area contributed by atoms with Gasteiger partial charge in [-0.3, -0.25) is 33.1 Å². The molecular formula is C79H77BClI2N23O7. The molecule has 0 fully saturated rings. The highest BCUT2D eigenvalue weighted by Gasteiger charge is 2.25. The van der Waals surface area contributed by atoms with Crippen LogP contribution >= 0.6 is 56.8 Å². The quantitative estimate of drug-likeness (QED) is 0.0380. The molecule has 5 aromatic carbocycles. The lowest BCUT2D eigenvalue weighted by Crippen LogP contribution is -2.29. The first kappa shape index (κ1) is 83.0. The predicted octanol–water partition coefficient (Wildman–Crippen LogP) is 11.2. The number of phenols is 2. The van der Waals surface area contributed by atoms with E-state index in [9.17, 15) is 19.5 Å². The molecule has 0 saturated carbocycles. The van der Waals surface area contributed by atoms with Gasteiger partial charge in [-0.25, -0.2) is 69.2 Å². The molecule has 30 nitrogen and oxygen atoms in total. The number of benzene rings is 5. The highest BCUT2D eigenvalue weighted by Crippen LogP contribution is 2.33. The Hall–Kier alpha value is -12.4. The lowest BCUT2D eigenvalue weighted by atomic mass is 9.80. The zero-order valence-corrected chi connectivity index (χ0v) is 64.5. The van der Waals surface area contributed by atoms with Crippen LogP contribution in [0.5, 0.6) is 11.5 Å². The van der Waals surface area contributed by atoms with E-state index in [1.807, 2.05) is 133 Å². The number of aryl methyl sites for hydroxylation is 6. The lowest BCUT2D eigenvalue weighted by Gasteiger charge is -2.16. The maximum Gasteiger partial charge on any atom is 0.488 e. The molecule has 0 unspecified atom stereocenters. The topological polar surface area (TPSA) is 428 Å². The summed E-state index contributed by atoms with van der Waals surface area (Å²) in [5.74, 6) is 2.87. The van der Waals surface area contributed by atoms with E-state index in [4.69, 9.17) is 59.0 Å². The number of nitrogens with zero attached hydrogens (tertiary/aromatic N) is 20. The van der Waals surface area contributed by atoms with Crippen LogP contribution in [0.3, 0.4) is 0 Å². The average molecular weight is 1760 g/mol. The van der Waals surface area contributed by atoms with Crippen molar-refractivity contribution in [2.24, 2.45) is 4.99 Å². The molecule has 0 aliphatic carbocycles. The smallest absolute Gasteiger partial charge is 0.488 e. The molecule has 17 rings (SSSR count). The molecule has 1 aliphatic rings. The summed E-state index contributed by atoms with van der Waals surface area (Å²) in [5, 5.41) is 48.2. The summed E-state index contributed by atoms with van der Waals surface area (Å²) in [4.78, 5) is 96.5. The van der Waals surface area contributed by atoms with E-state index in [1.165, 1.54) is 37.2 Å². The molecule has 0 amide bonds. The van der Waals surface area contributed by atoms with Crippen molar-refractivity contribution in [1.29, 1.82) is 0 Å². The van der Waals surface area contributed by atoms with Crippen molar-refractivity contribution in [3.63, 3.8) is 0 Å². The third-order valence-electron chi connectivity index (χ3n) is 17.8. The number of fused-ring (bicyclic) bond motifs is 6. The minimum absolute atomic E-state index is 0. The minimum atomic E-state index is -1.51. The van der Waals surface area contributed by atoms with Crippen molar-refractivity contribution in [3.05, 3.63) is 274 Å². The molecule has 0 radical (unpaired) electrons. The number of alkyl halides is 1. The van der Waals surface area contributed by atoms with Crippen LogP contribution in [0.2, 0.25) is 0 Å². The van der Waals surface area contributed by atoms with E-state index in [1.54, 1.807) is 72.0 Å². The van der Waals surface area contributed by atoms with Crippen molar-refractivity contribution < 1.29 is 20.3 Å². The number of nitrogen functional groups attached to an aromatic ring is 3. The van der Waals surface area contributed by atoms with E-state index in [0.29, 0.717) is 111 Å². The summed E-state index contributed by atoms with van der Waals surface area (Å²) in [6.45, 7) is 12.5. The number of aromatic nitrogens is 19. The fraction of sp³-hybridized carbons (Fsp3) is 0.165. The number of anilines is 3. The normalized spacial score (nSPS) is 11.2. The summed E-state index contributed by atoms with van der Waals surface area (Å²) in [5.41, 5.74) is 30.6. The standard InChI is InChI=1S/C27H22N8O2.C21H17IN8O.C16H14ClN3O.C6H7BO3.C6H5IN4.3CH4/c1-15-6-3-4-9-19(15)35-20(32-25-21(27(35)37)16(2)10-11-29-25)13-34-26-22(24(28)30-14-31-26)23(33-34)17-7-5-8-18(36)12-17;1-11-5-3-4-6-13(11)30-14(27-19-15(21(30)31)12(2)7-8-24-19)9-29-20-16(17(22)28-29)18(23)25-10-26-20;1-10-5-3-4-6-12(10)20-13(9-17)19-15-14(16(20)21)11(2)7-8-18-15;8-6-3-1-2-5(4-6)7(9)10;7-5-4-3(1-9-5)10-2-11-6(4)8;;;/h3-12,14,36H,13H2,1-2H3,(H2,28,30,31);3-8,10H,9H2,1-2H3,(H2,23,25,26);3-8H,9H2,1-2H3;1-4,8-10H;2H,1H2,(H2,8,10,11);3*1H4. The second-order valence-corrected chi connectivity index (χ2v) is 27.4. The molecule has 0 spiro atoms. The Morgan fingerprint density at radius 2 is 0.876 bits per heavy atom. The molecule has 0 atom stereocenters. The fourth-order valence-corrected chi connectivity index (χ4v) is 14.1. The molecule has 34 heteroatoms. The van der Waals surface area contributed by atoms with Gasteiger partial charge in [-0.2, -0.15) is 10.2 Å². The van der Waals surface area contributed by atoms with Crippen LogP contribution in [-0.2, 0) is 25.5 Å². The molecule has 1 aliphatic heterocycles. The highest BCUT2D eigenvalue weighted by molar-refractivity contribution is 14.1. The van der Waals surface area contributed by atoms with Crippen molar-refractivity contribution in [3.8, 4) is 39.8 Å². The van der Waals surface area contributed by atoms with E-state index < -0.39 is 7.12 Å². The second-order valence-electron chi connectivity index (χ2n) is 25.1. The van der Waals surface area contributed by atoms with Gasteiger partial charge in [0.05, 0.1) is 67.7 Å². The first-order valence-electron chi connectivity index (χ1n) is 33.7. The van der Waals surface area contributed by atoms with Gasteiger partial charge >= 0.3 is 7.12 Å². The molecule has 574 valence electrons. The predicted molar refractivity (Wildman–Crippen MR) is 460 cm³/mol. The largest absolute Gasteiger partial charge is 0.508 e. The van der Waals surface area contributed by atoms with Gasteiger partial charge in [-0.15, -0.1) is 11.6 Å². The van der Waals surface area contributed by atoms with Gasteiger partial charge < -0.3 is 37.5 Å². The SMILES string of the molecule is C.C.C.Cc1ccccc1-n1c(CCl)nc2nccc(C)c2c1=O.Cc1ccccc1-n1c(Cn2nc(-c3cccc(O)c3)c3c(N)ncnc32)nc2nccc(C)c2c1=O.Cc1ccccc1-n1c(Cn2nc(I)c3c(N)ncnc32)nc2nccc(C)c2c1=O.Nc1ncnc2c1C(I)=NC2.OB(O)c1cccc(O)c1. The first-order valence-corrected chi connectivity index (χ1v) is 36.4. The number of hydrogen-bond donors (Lipinski definition) is 7. The number of halogens is 3. The van der Waals surface area contributed by atoms with E-state index in [0.717, 1.165) is 65.4 Å². The van der Waals surface area contributed by atoms with Gasteiger partial charge in [0.25, 0.3) is 16.7 Å². The number of pyridine rings is 3. The fourth-order valence-electron chi connectivity index (χ4n) is 12.4. The zero-order chi connectivity index (χ0) is 77.8. The molecule has 0 bridgehead atoms. The van der Waals surface area contributed by atoms with Crippen molar-refractivity contribution in [2.45, 2.75) is 89.3 Å². The van der Waals surface area contributed by atoms with Crippen molar-refractivity contribution >= 4 is 146 Å². The Morgan fingerprint density at radius 1 is 0.460 bits per heavy atom. The van der Waals surface area contributed by atoms with Crippen molar-refractivity contribution in [1.82, 2.24) is 93.1 Å². The summed E-state index contributed by atoms with van der Waals surface area (Å²) in [6.07, 6.45) is 9.20. The minimum Gasteiger partial charge on any atom is -0.508 e. The first-order chi connectivity index (χ1) is 53.0. The average Bonchev–Trinajstić information content (AvgIpc) is 1.73. The number of para-hydroxylation sites is 3. The van der Waals surface area contributed by atoms with Crippen LogP contribution < -0.4 is 39.3 Å². The molecule has 10 N–H and O–H groups in total. The molecule has 12 heterocycles. The highest BCUT2D eigenvalue weighted by atomic mass is 127. The summed E-state index contributed by atoms with van der Waals surface area (Å²) in [7, 11) is -1.51. The lowest BCUT2D eigenvalue weighted by molar-refractivity contribution is 0.424. The Morgan fingerprint density at radius 3 is 1.32 bits per heavy atom. The van der Waals surface area contributed by atoms with Gasteiger partial charge in [-0.1, -0.05) is 101 Å². The van der Waals surface area contributed by atoms with Gasteiger partial charge in [0, 0.05) is 24.2 Å². The van der Waals surface area contributed by atoms with Crippen LogP contribution in [0.1, 0.15) is 84.4 Å². The van der Waals surface area contributed by atoms with Crippen LogP contribution in [-0.4, -0.2) is 124 Å². The van der Waals surface area contributed by atoms with Crippen LogP contribution in [0.25, 0.3) is 83.5 Å². The number of aliphatic imine (C=N–C) groups is 1. The zero-order valence-electron chi connectivity index (χ0n) is 59.5. The molecule has 113 heavy (non-hydrogen) atoms. The second kappa shape index (κ2) is 35.7. The molecular weight excluding hydrogens is 1680 g/mol. The number of hydrogen-bond acceptors (Lipinski definition) is 25. The Kier molecular flexibility index (Phi) is 26.2. The van der Waals surface area contributed by atoms with Gasteiger partial charge in [0.1, 0.15) is 91.6 Å². The van der Waals surface area contributed by atoms with Gasteiger partial charge in [-0.05, 0) is 186 Å².